The van der Waals surface area contributed by atoms with Crippen LogP contribution in [0.2, 0.25) is 10.0 Å². The molecule has 0 unspecified atom stereocenters. The third kappa shape index (κ3) is 4.55. The zero-order chi connectivity index (χ0) is 24.5. The van der Waals surface area contributed by atoms with E-state index in [2.05, 4.69) is 20.3 Å². The van der Waals surface area contributed by atoms with Crippen LogP contribution in [0.1, 0.15) is 11.1 Å². The fraction of sp³-hybridized carbons (Fsp3) is 0.160. The van der Waals surface area contributed by atoms with Gasteiger partial charge in [-0.15, -0.1) is 0 Å². The Kier molecular flexibility index (Phi) is 6.34. The third-order valence-electron chi connectivity index (χ3n) is 5.85. The summed E-state index contributed by atoms with van der Waals surface area (Å²) in [5, 5.41) is 14.4. The average molecular weight is 509 g/mol. The molecule has 0 saturated heterocycles. The van der Waals surface area contributed by atoms with Crippen LogP contribution >= 0.6 is 23.2 Å². The van der Waals surface area contributed by atoms with Crippen LogP contribution in [-0.2, 0) is 6.42 Å². The van der Waals surface area contributed by atoms with Crippen molar-refractivity contribution in [3.63, 3.8) is 0 Å². The van der Waals surface area contributed by atoms with E-state index >= 15 is 0 Å². The van der Waals surface area contributed by atoms with Crippen LogP contribution < -0.4 is 10.9 Å². The summed E-state index contributed by atoms with van der Waals surface area (Å²) >= 11 is 12.7. The summed E-state index contributed by atoms with van der Waals surface area (Å²) < 4.78 is 1.90. The smallest absolute Gasteiger partial charge is 0.261 e. The fourth-order valence-electron chi connectivity index (χ4n) is 4.14. The van der Waals surface area contributed by atoms with E-state index in [4.69, 9.17) is 28.2 Å². The summed E-state index contributed by atoms with van der Waals surface area (Å²) in [6, 6.07) is 10.6. The topological polar surface area (TPSA) is 112 Å². The van der Waals surface area contributed by atoms with Crippen LogP contribution in [0.3, 0.4) is 0 Å². The minimum Gasteiger partial charge on any atom is -0.394 e. The van der Waals surface area contributed by atoms with Crippen LogP contribution in [0, 0.1) is 6.92 Å². The number of pyridine rings is 1. The number of aromatic nitrogens is 5. The summed E-state index contributed by atoms with van der Waals surface area (Å²) in [5.74, 6) is 0.419. The van der Waals surface area contributed by atoms with E-state index in [0.29, 0.717) is 33.5 Å². The molecule has 0 fully saturated rings. The quantitative estimate of drug-likeness (QED) is 0.253. The summed E-state index contributed by atoms with van der Waals surface area (Å²) in [5.41, 5.74) is 4.73. The molecular weight excluding hydrogens is 487 g/mol. The van der Waals surface area contributed by atoms with Crippen LogP contribution in [0.25, 0.3) is 28.1 Å². The first-order valence-corrected chi connectivity index (χ1v) is 11.7. The highest BCUT2D eigenvalue weighted by molar-refractivity contribution is 6.36. The molecule has 5 aromatic rings. The SMILES string of the molecule is Cc1cc(-n2ccnc2)cc2[nH]c(-c3c(N[C@H](CO)Cc4c(Cl)cccc4Cl)cc[nH]c3=O)nc12. The number of hydrogen-bond donors (Lipinski definition) is 4. The standard InChI is InChI=1S/C25H22Cl2N6O2/c1-14-9-16(33-8-7-28-13-33)11-21-23(14)32-24(31-21)22-20(5-6-29-25(22)35)30-15(12-34)10-17-18(26)3-2-4-19(17)27/h2-9,11,13,15,34H,10,12H2,1H3,(H,31,32)(H2,29,30,35)/t15-/m0/s1. The Hall–Kier alpha value is -3.59. The molecule has 3 aromatic heterocycles. The second-order valence-electron chi connectivity index (χ2n) is 8.24. The molecule has 0 aliphatic rings. The van der Waals surface area contributed by atoms with Gasteiger partial charge in [0.05, 0.1) is 35.7 Å². The molecule has 0 amide bonds. The number of aryl methyl sites for hydroxylation is 1. The van der Waals surface area contributed by atoms with Crippen molar-refractivity contribution in [1.29, 1.82) is 0 Å². The largest absolute Gasteiger partial charge is 0.394 e. The fourth-order valence-corrected chi connectivity index (χ4v) is 4.69. The number of anilines is 1. The van der Waals surface area contributed by atoms with Gasteiger partial charge in [0, 0.05) is 34.3 Å². The number of aliphatic hydroxyl groups excluding tert-OH is 1. The molecule has 0 aliphatic heterocycles. The lowest BCUT2D eigenvalue weighted by molar-refractivity contribution is 0.274. The Bertz CT molecular complexity index is 1540. The highest BCUT2D eigenvalue weighted by atomic mass is 35.5. The Balaban J connectivity index is 1.53. The minimum atomic E-state index is -0.438. The number of hydrogen-bond acceptors (Lipinski definition) is 5. The summed E-state index contributed by atoms with van der Waals surface area (Å²) in [6.45, 7) is 1.78. The van der Waals surface area contributed by atoms with Gasteiger partial charge in [0.15, 0.2) is 0 Å². The van der Waals surface area contributed by atoms with Crippen molar-refractivity contribution >= 4 is 39.9 Å². The zero-order valence-electron chi connectivity index (χ0n) is 18.7. The second kappa shape index (κ2) is 9.58. The maximum absolute atomic E-state index is 12.9. The van der Waals surface area contributed by atoms with Gasteiger partial charge in [-0.1, -0.05) is 29.3 Å². The molecule has 0 aliphatic carbocycles. The van der Waals surface area contributed by atoms with Crippen molar-refractivity contribution in [2.75, 3.05) is 11.9 Å². The van der Waals surface area contributed by atoms with Gasteiger partial charge in [0.25, 0.3) is 5.56 Å². The van der Waals surface area contributed by atoms with Gasteiger partial charge in [-0.3, -0.25) is 4.79 Å². The molecule has 0 radical (unpaired) electrons. The van der Waals surface area contributed by atoms with Crippen LogP contribution in [0.4, 0.5) is 5.69 Å². The molecule has 8 nitrogen and oxygen atoms in total. The number of H-pyrrole nitrogens is 2. The van der Waals surface area contributed by atoms with E-state index in [1.165, 1.54) is 0 Å². The van der Waals surface area contributed by atoms with Crippen molar-refractivity contribution in [2.24, 2.45) is 0 Å². The minimum absolute atomic E-state index is 0.193. The number of aromatic amines is 2. The second-order valence-corrected chi connectivity index (χ2v) is 9.05. The Morgan fingerprint density at radius 1 is 1.20 bits per heavy atom. The number of imidazole rings is 2. The lowest BCUT2D eigenvalue weighted by Gasteiger charge is -2.20. The molecule has 178 valence electrons. The molecule has 1 atom stereocenters. The lowest BCUT2D eigenvalue weighted by atomic mass is 10.1. The van der Waals surface area contributed by atoms with Gasteiger partial charge in [-0.25, -0.2) is 9.97 Å². The first kappa shape index (κ1) is 23.2. The van der Waals surface area contributed by atoms with Gasteiger partial charge in [-0.2, -0.15) is 0 Å². The number of aliphatic hydroxyl groups is 1. The van der Waals surface area contributed by atoms with Gasteiger partial charge in [0.2, 0.25) is 0 Å². The number of fused-ring (bicyclic) bond motifs is 1. The van der Waals surface area contributed by atoms with Crippen LogP contribution in [0.15, 0.2) is 66.1 Å². The van der Waals surface area contributed by atoms with Gasteiger partial charge < -0.3 is 25.0 Å². The van der Waals surface area contributed by atoms with Crippen molar-refractivity contribution in [2.45, 2.75) is 19.4 Å². The number of nitrogens with zero attached hydrogens (tertiary/aromatic N) is 3. The number of benzene rings is 2. The highest BCUT2D eigenvalue weighted by Crippen LogP contribution is 2.30. The van der Waals surface area contributed by atoms with E-state index in [0.717, 1.165) is 27.8 Å². The molecule has 35 heavy (non-hydrogen) atoms. The average Bonchev–Trinajstić information content (AvgIpc) is 3.51. The van der Waals surface area contributed by atoms with E-state index in [1.54, 1.807) is 43.0 Å². The maximum atomic E-state index is 12.9. The number of rotatable bonds is 7. The monoisotopic (exact) mass is 508 g/mol. The Morgan fingerprint density at radius 2 is 2.00 bits per heavy atom. The molecule has 0 bridgehead atoms. The van der Waals surface area contributed by atoms with Crippen molar-refractivity contribution in [3.05, 3.63) is 92.8 Å². The number of nitrogens with one attached hydrogen (secondary N) is 3. The van der Waals surface area contributed by atoms with Crippen molar-refractivity contribution in [1.82, 2.24) is 24.5 Å². The maximum Gasteiger partial charge on any atom is 0.261 e. The molecule has 3 heterocycles. The molecule has 10 heteroatoms. The van der Waals surface area contributed by atoms with E-state index in [1.807, 2.05) is 29.8 Å². The number of halogens is 2. The lowest BCUT2D eigenvalue weighted by Crippen LogP contribution is -2.28. The molecule has 5 rings (SSSR count). The van der Waals surface area contributed by atoms with Crippen molar-refractivity contribution < 1.29 is 5.11 Å². The third-order valence-corrected chi connectivity index (χ3v) is 6.56. The summed E-state index contributed by atoms with van der Waals surface area (Å²) in [7, 11) is 0. The van der Waals surface area contributed by atoms with Gasteiger partial charge in [-0.05, 0) is 54.8 Å². The van der Waals surface area contributed by atoms with Crippen LogP contribution in [-0.4, -0.2) is 42.3 Å². The molecule has 4 N–H and O–H groups in total. The molecule has 0 spiro atoms. The van der Waals surface area contributed by atoms with Crippen LogP contribution in [0.5, 0.6) is 0 Å². The van der Waals surface area contributed by atoms with E-state index < -0.39 is 6.04 Å². The Morgan fingerprint density at radius 3 is 2.71 bits per heavy atom. The predicted octanol–water partition coefficient (Wildman–Crippen LogP) is 4.73. The normalized spacial score (nSPS) is 12.2. The van der Waals surface area contributed by atoms with Gasteiger partial charge >= 0.3 is 0 Å². The summed E-state index contributed by atoms with van der Waals surface area (Å²) in [6.07, 6.45) is 7.22. The van der Waals surface area contributed by atoms with Gasteiger partial charge in [0.1, 0.15) is 11.4 Å². The van der Waals surface area contributed by atoms with Crippen molar-refractivity contribution in [3.8, 4) is 17.1 Å². The molecule has 2 aromatic carbocycles. The first-order valence-electron chi connectivity index (χ1n) is 11.0. The zero-order valence-corrected chi connectivity index (χ0v) is 20.2. The summed E-state index contributed by atoms with van der Waals surface area (Å²) in [4.78, 5) is 27.8. The van der Waals surface area contributed by atoms with E-state index in [-0.39, 0.29) is 12.2 Å². The first-order chi connectivity index (χ1) is 16.9. The van der Waals surface area contributed by atoms with E-state index in [9.17, 15) is 9.90 Å². The highest BCUT2D eigenvalue weighted by Gasteiger charge is 2.20. The molecule has 0 saturated carbocycles. The predicted molar refractivity (Wildman–Crippen MR) is 139 cm³/mol. The molecular formula is C25H22Cl2N6O2. The Labute approximate surface area is 210 Å².